The van der Waals surface area contributed by atoms with E-state index in [0.29, 0.717) is 18.6 Å². The smallest absolute Gasteiger partial charge is 0.231 e. The highest BCUT2D eigenvalue weighted by Crippen LogP contribution is 2.33. The van der Waals surface area contributed by atoms with E-state index in [2.05, 4.69) is 44.3 Å². The van der Waals surface area contributed by atoms with Crippen LogP contribution in [0.2, 0.25) is 0 Å². The summed E-state index contributed by atoms with van der Waals surface area (Å²) in [7, 11) is 0. The largest absolute Gasteiger partial charge is 0.369 e. The molecule has 21 heavy (non-hydrogen) atoms. The fourth-order valence-electron chi connectivity index (χ4n) is 3.52. The third kappa shape index (κ3) is 3.65. The van der Waals surface area contributed by atoms with Crippen molar-refractivity contribution >= 4 is 21.8 Å². The Balaban J connectivity index is 1.54. The van der Waals surface area contributed by atoms with Crippen molar-refractivity contribution in [1.29, 1.82) is 0 Å². The maximum absolute atomic E-state index is 11.0. The van der Waals surface area contributed by atoms with E-state index in [4.69, 9.17) is 5.73 Å². The predicted molar refractivity (Wildman–Crippen MR) is 87.0 cm³/mol. The van der Waals surface area contributed by atoms with Crippen LogP contribution >= 0.6 is 15.9 Å². The molecule has 3 rings (SSSR count). The predicted octanol–water partition coefficient (Wildman–Crippen LogP) is 1.98. The summed E-state index contributed by atoms with van der Waals surface area (Å²) in [4.78, 5) is 13.1. The number of hydrogen-bond acceptors (Lipinski definition) is 3. The number of nitrogens with zero attached hydrogens (tertiary/aromatic N) is 1. The molecule has 0 spiro atoms. The molecule has 0 aromatic heterocycles. The Kier molecular flexibility index (Phi) is 4.62. The number of aryl methyl sites for hydroxylation is 1. The minimum Gasteiger partial charge on any atom is -0.369 e. The second-order valence-electron chi connectivity index (χ2n) is 6.12. The molecule has 1 amide bonds. The SMILES string of the molecule is NC(=O)CN1CCC(NC2CCc3cc(Br)ccc32)CC1. The topological polar surface area (TPSA) is 58.4 Å². The van der Waals surface area contributed by atoms with Crippen LogP contribution in [0.25, 0.3) is 0 Å². The summed E-state index contributed by atoms with van der Waals surface area (Å²) in [5.74, 6) is -0.225. The number of fused-ring (bicyclic) bond motifs is 1. The second kappa shape index (κ2) is 6.46. The van der Waals surface area contributed by atoms with E-state index in [-0.39, 0.29) is 5.91 Å². The van der Waals surface area contributed by atoms with Crippen molar-refractivity contribution in [1.82, 2.24) is 10.2 Å². The van der Waals surface area contributed by atoms with Gasteiger partial charge in [-0.1, -0.05) is 22.0 Å². The molecule has 114 valence electrons. The molecule has 5 heteroatoms. The van der Waals surface area contributed by atoms with E-state index in [0.717, 1.165) is 32.4 Å². The lowest BCUT2D eigenvalue weighted by atomic mass is 10.0. The molecule has 0 radical (unpaired) electrons. The number of piperidine rings is 1. The molecule has 1 atom stereocenters. The summed E-state index contributed by atoms with van der Waals surface area (Å²) in [5.41, 5.74) is 8.18. The highest BCUT2D eigenvalue weighted by atomic mass is 79.9. The van der Waals surface area contributed by atoms with E-state index in [1.807, 2.05) is 0 Å². The van der Waals surface area contributed by atoms with Crippen molar-refractivity contribution in [3.63, 3.8) is 0 Å². The van der Waals surface area contributed by atoms with Crippen molar-refractivity contribution in [2.75, 3.05) is 19.6 Å². The number of carbonyl (C=O) groups is 1. The number of nitrogens with one attached hydrogen (secondary N) is 1. The molecule has 1 heterocycles. The number of amides is 1. The van der Waals surface area contributed by atoms with Crippen molar-refractivity contribution < 1.29 is 4.79 Å². The average molecular weight is 352 g/mol. The number of likely N-dealkylation sites (tertiary alicyclic amines) is 1. The molecular formula is C16H22BrN3O. The van der Waals surface area contributed by atoms with Crippen LogP contribution in [0.5, 0.6) is 0 Å². The van der Waals surface area contributed by atoms with Crippen LogP contribution in [0.1, 0.15) is 36.4 Å². The molecule has 1 aliphatic heterocycles. The third-order valence-electron chi connectivity index (χ3n) is 4.59. The van der Waals surface area contributed by atoms with E-state index in [1.54, 1.807) is 0 Å². The minimum atomic E-state index is -0.225. The lowest BCUT2D eigenvalue weighted by molar-refractivity contribution is -0.119. The van der Waals surface area contributed by atoms with Crippen LogP contribution < -0.4 is 11.1 Å². The monoisotopic (exact) mass is 351 g/mol. The summed E-state index contributed by atoms with van der Waals surface area (Å²) in [6.45, 7) is 2.31. The zero-order chi connectivity index (χ0) is 14.8. The number of carbonyl (C=O) groups excluding carboxylic acids is 1. The Morgan fingerprint density at radius 1 is 1.33 bits per heavy atom. The Morgan fingerprint density at radius 2 is 2.10 bits per heavy atom. The highest BCUT2D eigenvalue weighted by Gasteiger charge is 2.27. The van der Waals surface area contributed by atoms with Crippen LogP contribution in [-0.4, -0.2) is 36.5 Å². The quantitative estimate of drug-likeness (QED) is 0.871. The molecule has 1 saturated heterocycles. The Morgan fingerprint density at radius 3 is 2.81 bits per heavy atom. The highest BCUT2D eigenvalue weighted by molar-refractivity contribution is 9.10. The zero-order valence-corrected chi connectivity index (χ0v) is 13.7. The minimum absolute atomic E-state index is 0.225. The fourth-order valence-corrected chi connectivity index (χ4v) is 3.93. The van der Waals surface area contributed by atoms with Crippen LogP contribution in [0.4, 0.5) is 0 Å². The third-order valence-corrected chi connectivity index (χ3v) is 5.08. The van der Waals surface area contributed by atoms with Crippen LogP contribution in [-0.2, 0) is 11.2 Å². The molecule has 2 aliphatic rings. The van der Waals surface area contributed by atoms with E-state index in [1.165, 1.54) is 22.0 Å². The molecule has 0 saturated carbocycles. The van der Waals surface area contributed by atoms with Gasteiger partial charge in [-0.05, 0) is 48.9 Å². The van der Waals surface area contributed by atoms with E-state index < -0.39 is 0 Å². The Bertz CT molecular complexity index is 526. The summed E-state index contributed by atoms with van der Waals surface area (Å²) in [5, 5.41) is 3.81. The zero-order valence-electron chi connectivity index (χ0n) is 12.1. The molecule has 3 N–H and O–H groups in total. The Hall–Kier alpha value is -0.910. The molecule has 0 bridgehead atoms. The van der Waals surface area contributed by atoms with Gasteiger partial charge in [0.05, 0.1) is 6.54 Å². The summed E-state index contributed by atoms with van der Waals surface area (Å²) in [6, 6.07) is 7.65. The van der Waals surface area contributed by atoms with Gasteiger partial charge in [0.15, 0.2) is 0 Å². The maximum Gasteiger partial charge on any atom is 0.231 e. The van der Waals surface area contributed by atoms with Crippen LogP contribution in [0.3, 0.4) is 0 Å². The normalized spacial score (nSPS) is 23.2. The van der Waals surface area contributed by atoms with Gasteiger partial charge in [0.25, 0.3) is 0 Å². The fraction of sp³-hybridized carbons (Fsp3) is 0.562. The standard InChI is InChI=1S/C16H22BrN3O/c17-12-2-3-14-11(9-12)1-4-15(14)19-13-5-7-20(8-6-13)10-16(18)21/h2-3,9,13,15,19H,1,4-8,10H2,(H2,18,21). The van der Waals surface area contributed by atoms with Gasteiger partial charge in [-0.15, -0.1) is 0 Å². The molecule has 1 aromatic carbocycles. The van der Waals surface area contributed by atoms with Gasteiger partial charge < -0.3 is 11.1 Å². The number of rotatable bonds is 4. The van der Waals surface area contributed by atoms with Gasteiger partial charge in [-0.2, -0.15) is 0 Å². The van der Waals surface area contributed by atoms with Gasteiger partial charge in [-0.25, -0.2) is 0 Å². The first-order chi connectivity index (χ1) is 10.1. The number of benzene rings is 1. The molecule has 1 aliphatic carbocycles. The van der Waals surface area contributed by atoms with E-state index >= 15 is 0 Å². The first-order valence-corrected chi connectivity index (χ1v) is 8.46. The number of primary amides is 1. The number of nitrogens with two attached hydrogens (primary N) is 1. The molecule has 1 fully saturated rings. The van der Waals surface area contributed by atoms with E-state index in [9.17, 15) is 4.79 Å². The van der Waals surface area contributed by atoms with Crippen molar-refractivity contribution in [3.8, 4) is 0 Å². The number of halogens is 1. The van der Waals surface area contributed by atoms with Crippen molar-refractivity contribution in [2.24, 2.45) is 5.73 Å². The van der Waals surface area contributed by atoms with Crippen molar-refractivity contribution in [2.45, 2.75) is 37.8 Å². The summed E-state index contributed by atoms with van der Waals surface area (Å²) < 4.78 is 1.17. The van der Waals surface area contributed by atoms with Gasteiger partial charge in [0.1, 0.15) is 0 Å². The maximum atomic E-state index is 11.0. The van der Waals surface area contributed by atoms with Gasteiger partial charge in [-0.3, -0.25) is 9.69 Å². The van der Waals surface area contributed by atoms with Gasteiger partial charge in [0, 0.05) is 29.6 Å². The first kappa shape index (κ1) is 15.0. The summed E-state index contributed by atoms with van der Waals surface area (Å²) >= 11 is 3.55. The van der Waals surface area contributed by atoms with Crippen molar-refractivity contribution in [3.05, 3.63) is 33.8 Å². The Labute approximate surface area is 134 Å². The van der Waals surface area contributed by atoms with Gasteiger partial charge in [0.2, 0.25) is 5.91 Å². The summed E-state index contributed by atoms with van der Waals surface area (Å²) in [6.07, 6.45) is 4.53. The molecule has 1 aromatic rings. The molecule has 1 unspecified atom stereocenters. The second-order valence-corrected chi connectivity index (χ2v) is 7.03. The average Bonchev–Trinajstić information content (AvgIpc) is 2.83. The molecular weight excluding hydrogens is 330 g/mol. The van der Waals surface area contributed by atoms with Crippen LogP contribution in [0.15, 0.2) is 22.7 Å². The lowest BCUT2D eigenvalue weighted by Gasteiger charge is -2.33. The lowest BCUT2D eigenvalue weighted by Crippen LogP contribution is -2.45. The first-order valence-electron chi connectivity index (χ1n) is 7.67. The van der Waals surface area contributed by atoms with Gasteiger partial charge >= 0.3 is 0 Å². The number of hydrogen-bond donors (Lipinski definition) is 2. The molecule has 4 nitrogen and oxygen atoms in total. The van der Waals surface area contributed by atoms with Crippen LogP contribution in [0, 0.1) is 0 Å².